The summed E-state index contributed by atoms with van der Waals surface area (Å²) in [6.07, 6.45) is 3.07. The van der Waals surface area contributed by atoms with E-state index in [1.165, 1.54) is 0 Å². The molecule has 0 spiro atoms. The molecule has 1 aromatic rings. The largest absolute Gasteiger partial charge is 0.376 e. The zero-order chi connectivity index (χ0) is 17.0. The number of carbonyl (C=O) groups is 1. The predicted molar refractivity (Wildman–Crippen MR) is 90.1 cm³/mol. The number of aryl methyl sites for hydroxylation is 2. The first-order valence-electron chi connectivity index (χ1n) is 7.70. The SMILES string of the molecule is Cc1ccc(C)c(N(CC(=O)NC[C@@H]2CCCO2)S(C)(=O)=O)c1. The molecule has 2 rings (SSSR count). The van der Waals surface area contributed by atoms with Gasteiger partial charge in [0.25, 0.3) is 0 Å². The Hall–Kier alpha value is -1.60. The van der Waals surface area contributed by atoms with Crippen LogP contribution in [0.4, 0.5) is 5.69 Å². The highest BCUT2D eigenvalue weighted by atomic mass is 32.2. The molecule has 23 heavy (non-hydrogen) atoms. The molecule has 1 aliphatic rings. The summed E-state index contributed by atoms with van der Waals surface area (Å²) in [5.74, 6) is -0.327. The molecule has 1 amide bonds. The summed E-state index contributed by atoms with van der Waals surface area (Å²) in [6, 6.07) is 5.55. The number of carbonyl (C=O) groups excluding carboxylic acids is 1. The van der Waals surface area contributed by atoms with Gasteiger partial charge in [0.05, 0.1) is 18.0 Å². The summed E-state index contributed by atoms with van der Waals surface area (Å²) < 4.78 is 30.8. The van der Waals surface area contributed by atoms with Crippen LogP contribution in [0.25, 0.3) is 0 Å². The van der Waals surface area contributed by atoms with Gasteiger partial charge >= 0.3 is 0 Å². The van der Waals surface area contributed by atoms with E-state index in [0.29, 0.717) is 12.2 Å². The molecule has 6 nitrogen and oxygen atoms in total. The summed E-state index contributed by atoms with van der Waals surface area (Å²) in [6.45, 7) is 4.63. The molecule has 1 atom stereocenters. The van der Waals surface area contributed by atoms with E-state index in [1.54, 1.807) is 6.07 Å². The highest BCUT2D eigenvalue weighted by Gasteiger charge is 2.23. The summed E-state index contributed by atoms with van der Waals surface area (Å²) in [4.78, 5) is 12.2. The number of amides is 1. The third-order valence-corrected chi connectivity index (χ3v) is 5.00. The molecule has 0 unspecified atom stereocenters. The van der Waals surface area contributed by atoms with Gasteiger partial charge in [-0.05, 0) is 43.9 Å². The number of sulfonamides is 1. The normalized spacial score (nSPS) is 18.0. The number of anilines is 1. The van der Waals surface area contributed by atoms with Crippen molar-refractivity contribution < 1.29 is 17.9 Å². The molecule has 1 fully saturated rings. The van der Waals surface area contributed by atoms with Crippen LogP contribution >= 0.6 is 0 Å². The molecular formula is C16H24N2O4S. The second-order valence-electron chi connectivity index (χ2n) is 6.00. The molecular weight excluding hydrogens is 316 g/mol. The van der Waals surface area contributed by atoms with Crippen molar-refractivity contribution in [1.82, 2.24) is 5.32 Å². The average Bonchev–Trinajstić information content (AvgIpc) is 2.97. The fraction of sp³-hybridized carbons (Fsp3) is 0.562. The molecule has 1 heterocycles. The number of nitrogens with one attached hydrogen (secondary N) is 1. The summed E-state index contributed by atoms with van der Waals surface area (Å²) in [7, 11) is -3.55. The number of hydrogen-bond acceptors (Lipinski definition) is 4. The molecule has 1 N–H and O–H groups in total. The van der Waals surface area contributed by atoms with Crippen LogP contribution in [0.2, 0.25) is 0 Å². The molecule has 0 bridgehead atoms. The molecule has 0 aromatic heterocycles. The minimum atomic E-state index is -3.55. The summed E-state index contributed by atoms with van der Waals surface area (Å²) in [5.41, 5.74) is 2.30. The number of benzene rings is 1. The summed E-state index contributed by atoms with van der Waals surface area (Å²) in [5, 5.41) is 2.76. The van der Waals surface area contributed by atoms with Gasteiger partial charge in [-0.3, -0.25) is 9.10 Å². The minimum Gasteiger partial charge on any atom is -0.376 e. The Bertz CT molecular complexity index is 667. The van der Waals surface area contributed by atoms with Gasteiger partial charge in [0.2, 0.25) is 15.9 Å². The lowest BCUT2D eigenvalue weighted by Gasteiger charge is -2.24. The van der Waals surface area contributed by atoms with E-state index in [4.69, 9.17) is 4.74 Å². The van der Waals surface area contributed by atoms with Crippen LogP contribution in [0.15, 0.2) is 18.2 Å². The Morgan fingerprint density at radius 1 is 1.39 bits per heavy atom. The molecule has 7 heteroatoms. The van der Waals surface area contributed by atoms with Gasteiger partial charge in [-0.15, -0.1) is 0 Å². The Kier molecular flexibility index (Phi) is 5.64. The minimum absolute atomic E-state index is 0.0336. The third-order valence-electron chi connectivity index (χ3n) is 3.87. The van der Waals surface area contributed by atoms with E-state index in [1.807, 2.05) is 26.0 Å². The van der Waals surface area contributed by atoms with Gasteiger partial charge < -0.3 is 10.1 Å². The van der Waals surface area contributed by atoms with E-state index < -0.39 is 10.0 Å². The average molecular weight is 340 g/mol. The fourth-order valence-corrected chi connectivity index (χ4v) is 3.49. The highest BCUT2D eigenvalue weighted by Crippen LogP contribution is 2.23. The van der Waals surface area contributed by atoms with Gasteiger partial charge in [0.1, 0.15) is 6.54 Å². The van der Waals surface area contributed by atoms with Crippen LogP contribution in [0.1, 0.15) is 24.0 Å². The molecule has 1 aliphatic heterocycles. The van der Waals surface area contributed by atoms with E-state index in [-0.39, 0.29) is 18.6 Å². The molecule has 0 radical (unpaired) electrons. The fourth-order valence-electron chi connectivity index (χ4n) is 2.59. The van der Waals surface area contributed by atoms with Crippen LogP contribution in [0.3, 0.4) is 0 Å². The molecule has 1 aromatic carbocycles. The molecule has 0 saturated carbocycles. The van der Waals surface area contributed by atoms with Gasteiger partial charge in [-0.25, -0.2) is 8.42 Å². The number of hydrogen-bond donors (Lipinski definition) is 1. The topological polar surface area (TPSA) is 75.7 Å². The van der Waals surface area contributed by atoms with Gasteiger partial charge in [0, 0.05) is 13.2 Å². The monoisotopic (exact) mass is 340 g/mol. The van der Waals surface area contributed by atoms with Gasteiger partial charge in [-0.2, -0.15) is 0 Å². The van der Waals surface area contributed by atoms with Crippen molar-refractivity contribution in [2.45, 2.75) is 32.8 Å². The van der Waals surface area contributed by atoms with E-state index in [2.05, 4.69) is 5.32 Å². The first-order chi connectivity index (χ1) is 10.8. The maximum absolute atomic E-state index is 12.2. The lowest BCUT2D eigenvalue weighted by Crippen LogP contribution is -2.42. The van der Waals surface area contributed by atoms with Crippen LogP contribution in [-0.2, 0) is 19.6 Å². The van der Waals surface area contributed by atoms with Crippen molar-refractivity contribution in [3.63, 3.8) is 0 Å². The smallest absolute Gasteiger partial charge is 0.240 e. The maximum atomic E-state index is 12.2. The number of ether oxygens (including phenoxy) is 1. The lowest BCUT2D eigenvalue weighted by atomic mass is 10.1. The van der Waals surface area contributed by atoms with Crippen molar-refractivity contribution >= 4 is 21.6 Å². The van der Waals surface area contributed by atoms with Crippen molar-refractivity contribution in [2.24, 2.45) is 0 Å². The van der Waals surface area contributed by atoms with Crippen molar-refractivity contribution in [3.05, 3.63) is 29.3 Å². The summed E-state index contributed by atoms with van der Waals surface area (Å²) >= 11 is 0. The third kappa shape index (κ3) is 4.94. The Morgan fingerprint density at radius 2 is 2.13 bits per heavy atom. The zero-order valence-corrected chi connectivity index (χ0v) is 14.6. The van der Waals surface area contributed by atoms with Crippen molar-refractivity contribution in [3.8, 4) is 0 Å². The Morgan fingerprint density at radius 3 is 2.74 bits per heavy atom. The zero-order valence-electron chi connectivity index (χ0n) is 13.8. The lowest BCUT2D eigenvalue weighted by molar-refractivity contribution is -0.120. The number of nitrogens with zero attached hydrogens (tertiary/aromatic N) is 1. The molecule has 1 saturated heterocycles. The van der Waals surface area contributed by atoms with Crippen LogP contribution in [0.5, 0.6) is 0 Å². The number of rotatable bonds is 6. The van der Waals surface area contributed by atoms with Crippen LogP contribution in [0, 0.1) is 13.8 Å². The first-order valence-corrected chi connectivity index (χ1v) is 9.55. The van der Waals surface area contributed by atoms with E-state index >= 15 is 0 Å². The molecule has 0 aliphatic carbocycles. The molecule has 128 valence electrons. The van der Waals surface area contributed by atoms with Crippen molar-refractivity contribution in [1.29, 1.82) is 0 Å². The Labute approximate surface area is 137 Å². The van der Waals surface area contributed by atoms with Gasteiger partial charge in [0.15, 0.2) is 0 Å². The van der Waals surface area contributed by atoms with E-state index in [9.17, 15) is 13.2 Å². The van der Waals surface area contributed by atoms with Crippen LogP contribution < -0.4 is 9.62 Å². The van der Waals surface area contributed by atoms with E-state index in [0.717, 1.165) is 41.1 Å². The second kappa shape index (κ2) is 7.31. The van der Waals surface area contributed by atoms with Gasteiger partial charge in [-0.1, -0.05) is 12.1 Å². The first kappa shape index (κ1) is 17.7. The standard InChI is InChI=1S/C16H24N2O4S/c1-12-6-7-13(2)15(9-12)18(23(3,20)21)11-16(19)17-10-14-5-4-8-22-14/h6-7,9,14H,4-5,8,10-11H2,1-3H3,(H,17,19)/t14-/m0/s1. The second-order valence-corrected chi connectivity index (χ2v) is 7.91. The highest BCUT2D eigenvalue weighted by molar-refractivity contribution is 7.92. The Balaban J connectivity index is 2.10. The van der Waals surface area contributed by atoms with Crippen LogP contribution in [-0.4, -0.2) is 46.4 Å². The predicted octanol–water partition coefficient (Wildman–Crippen LogP) is 1.36. The quantitative estimate of drug-likeness (QED) is 0.848. The van der Waals surface area contributed by atoms with Crippen molar-refractivity contribution in [2.75, 3.05) is 30.3 Å². The maximum Gasteiger partial charge on any atom is 0.240 e.